The molecule has 2 unspecified atom stereocenters. The summed E-state index contributed by atoms with van der Waals surface area (Å²) in [6.07, 6.45) is -8.81. The number of benzene rings is 2. The zero-order chi connectivity index (χ0) is 48.7. The van der Waals surface area contributed by atoms with Gasteiger partial charge < -0.3 is 37.3 Å². The van der Waals surface area contributed by atoms with Gasteiger partial charge in [-0.05, 0) is 86.2 Å². The summed E-state index contributed by atoms with van der Waals surface area (Å²) in [7, 11) is -3.86. The zero-order valence-electron chi connectivity index (χ0n) is 39.7. The number of hydrogen-bond acceptors (Lipinski definition) is 8. The number of alkyl halides is 6. The second-order valence-electron chi connectivity index (χ2n) is 19.2. The Kier molecular flexibility index (Phi) is 21.5. The van der Waals surface area contributed by atoms with Crippen LogP contribution in [0.15, 0.2) is 83.5 Å². The number of hydrogen-bond donors (Lipinski definition) is 1. The van der Waals surface area contributed by atoms with Gasteiger partial charge in [0.25, 0.3) is 5.60 Å². The molecule has 0 fully saturated rings. The van der Waals surface area contributed by atoms with Crippen LogP contribution in [0, 0.1) is 0 Å². The van der Waals surface area contributed by atoms with Crippen LogP contribution < -0.4 is 0 Å². The van der Waals surface area contributed by atoms with E-state index < -0.39 is 72.2 Å². The van der Waals surface area contributed by atoms with E-state index in [1.54, 1.807) is 60.7 Å². The van der Waals surface area contributed by atoms with E-state index >= 15 is 0 Å². The summed E-state index contributed by atoms with van der Waals surface area (Å²) in [5, 5.41) is 9.51. The van der Waals surface area contributed by atoms with E-state index in [-0.39, 0.29) is 47.9 Å². The average molecular weight is 951 g/mol. The standard InChI is InChI=1S/C25H37F3O4Si.C22H35F3O5Si/c1-20(32-33(5,6)23(2,3)4)14-17-29-18-15-24(25(26,27)28,22-13-10-16-30-22)31-19-21-11-8-7-9-12-21;1-17(30-31(5,6)20(2,3)4)12-14-28-15-13-21(19(26)27,22(23,24)25)29-16-18-10-8-7-9-11-18/h7-13,16,20H,14-15,17-19H2,1-6H3;7-11,17H,12-16H2,1-6H3,(H,26,27)/t20-,24?;17-,21?/m00/s1. The molecule has 1 heterocycles. The van der Waals surface area contributed by atoms with Gasteiger partial charge in [-0.25, -0.2) is 4.79 Å². The van der Waals surface area contributed by atoms with Crippen molar-refractivity contribution in [3.63, 3.8) is 0 Å². The summed E-state index contributed by atoms with van der Waals surface area (Å²) in [5.41, 5.74) is -4.81. The van der Waals surface area contributed by atoms with Crippen molar-refractivity contribution in [3.05, 3.63) is 95.9 Å². The van der Waals surface area contributed by atoms with Crippen molar-refractivity contribution < 1.29 is 68.5 Å². The van der Waals surface area contributed by atoms with E-state index in [1.165, 1.54) is 18.4 Å². The van der Waals surface area contributed by atoms with Gasteiger partial charge in [-0.2, -0.15) is 26.3 Å². The molecule has 9 nitrogen and oxygen atoms in total. The molecule has 64 heavy (non-hydrogen) atoms. The lowest BCUT2D eigenvalue weighted by Crippen LogP contribution is -2.55. The molecular weight excluding hydrogens is 879 g/mol. The molecule has 0 saturated heterocycles. The van der Waals surface area contributed by atoms with Gasteiger partial charge in [0.1, 0.15) is 5.76 Å². The number of furan rings is 1. The maximum absolute atomic E-state index is 14.3. The van der Waals surface area contributed by atoms with Crippen LogP contribution in [0.2, 0.25) is 36.3 Å². The minimum absolute atomic E-state index is 0.0299. The first-order valence-electron chi connectivity index (χ1n) is 21.7. The summed E-state index contributed by atoms with van der Waals surface area (Å²) >= 11 is 0. The van der Waals surface area contributed by atoms with Crippen molar-refractivity contribution in [2.45, 2.75) is 166 Å². The van der Waals surface area contributed by atoms with Crippen molar-refractivity contribution >= 4 is 22.6 Å². The maximum atomic E-state index is 14.3. The van der Waals surface area contributed by atoms with E-state index in [0.29, 0.717) is 30.6 Å². The molecule has 0 aliphatic heterocycles. The van der Waals surface area contributed by atoms with Gasteiger partial charge in [-0.1, -0.05) is 102 Å². The third kappa shape index (κ3) is 17.0. The molecule has 2 aromatic carbocycles. The summed E-state index contributed by atoms with van der Waals surface area (Å²) in [6, 6.07) is 19.7. The highest BCUT2D eigenvalue weighted by Gasteiger charge is 2.62. The van der Waals surface area contributed by atoms with Gasteiger partial charge >= 0.3 is 18.3 Å². The van der Waals surface area contributed by atoms with Crippen LogP contribution in [-0.2, 0) is 51.4 Å². The van der Waals surface area contributed by atoms with Gasteiger partial charge in [0.05, 0.1) is 32.7 Å². The van der Waals surface area contributed by atoms with Crippen molar-refractivity contribution in [2.75, 3.05) is 26.4 Å². The van der Waals surface area contributed by atoms with Gasteiger partial charge in [0.2, 0.25) is 5.60 Å². The SMILES string of the molecule is C[C@@H](CCOCCC(OCc1ccccc1)(C(=O)O)C(F)(F)F)O[Si](C)(C)C(C)(C)C.C[C@@H](CCOCCC(OCc1ccccc1)(c1ccco1)C(F)(F)F)O[Si](C)(C)C(C)(C)C. The Morgan fingerprint density at radius 1 is 0.609 bits per heavy atom. The van der Waals surface area contributed by atoms with Gasteiger partial charge in [-0.15, -0.1) is 0 Å². The monoisotopic (exact) mass is 950 g/mol. The molecular formula is C47H72F6O9Si2. The molecule has 0 spiro atoms. The summed E-state index contributed by atoms with van der Waals surface area (Å²) < 4.78 is 123. The van der Waals surface area contributed by atoms with Crippen molar-refractivity contribution in [2.24, 2.45) is 0 Å². The minimum Gasteiger partial charge on any atom is -0.479 e. The zero-order valence-corrected chi connectivity index (χ0v) is 41.7. The van der Waals surface area contributed by atoms with Crippen molar-refractivity contribution in [3.8, 4) is 0 Å². The molecule has 3 aromatic rings. The molecule has 17 heteroatoms. The number of carboxylic acids is 1. The third-order valence-corrected chi connectivity index (χ3v) is 21.2. The number of carbonyl (C=O) groups is 1. The first-order chi connectivity index (χ1) is 29.4. The average Bonchev–Trinajstić information content (AvgIpc) is 3.71. The van der Waals surface area contributed by atoms with Crippen LogP contribution in [0.25, 0.3) is 0 Å². The smallest absolute Gasteiger partial charge is 0.428 e. The van der Waals surface area contributed by atoms with E-state index in [4.69, 9.17) is 32.2 Å². The molecule has 0 saturated carbocycles. The Morgan fingerprint density at radius 2 is 1.03 bits per heavy atom. The van der Waals surface area contributed by atoms with E-state index in [9.17, 15) is 36.2 Å². The highest BCUT2D eigenvalue weighted by molar-refractivity contribution is 6.74. The fourth-order valence-corrected chi connectivity index (χ4v) is 8.85. The Hall–Kier alpha value is -3.04. The lowest BCUT2D eigenvalue weighted by atomic mass is 9.95. The first-order valence-corrected chi connectivity index (χ1v) is 27.5. The summed E-state index contributed by atoms with van der Waals surface area (Å²) in [6.45, 7) is 24.7. The molecule has 364 valence electrons. The van der Waals surface area contributed by atoms with Gasteiger partial charge in [0, 0.05) is 38.3 Å². The number of rotatable bonds is 24. The van der Waals surface area contributed by atoms with E-state index in [2.05, 4.69) is 67.7 Å². The van der Waals surface area contributed by atoms with Crippen molar-refractivity contribution in [1.29, 1.82) is 0 Å². The molecule has 0 radical (unpaired) electrons. The van der Waals surface area contributed by atoms with Crippen LogP contribution in [-0.4, -0.2) is 84.3 Å². The first kappa shape index (κ1) is 57.1. The van der Waals surface area contributed by atoms with E-state index in [1.807, 2.05) is 13.8 Å². The predicted molar refractivity (Wildman–Crippen MR) is 241 cm³/mol. The van der Waals surface area contributed by atoms with Crippen LogP contribution >= 0.6 is 0 Å². The van der Waals surface area contributed by atoms with Gasteiger partial charge in [-0.3, -0.25) is 0 Å². The van der Waals surface area contributed by atoms with Gasteiger partial charge in [0.15, 0.2) is 16.6 Å². The topological polar surface area (TPSA) is 106 Å². The van der Waals surface area contributed by atoms with Crippen LogP contribution in [0.5, 0.6) is 0 Å². The molecule has 4 atom stereocenters. The van der Waals surface area contributed by atoms with Crippen molar-refractivity contribution in [1.82, 2.24) is 0 Å². The Bertz CT molecular complexity index is 1760. The Labute approximate surface area is 378 Å². The number of carboxylic acid groups (broad SMARTS) is 1. The van der Waals surface area contributed by atoms with E-state index in [0.717, 1.165) is 0 Å². The predicted octanol–water partition coefficient (Wildman–Crippen LogP) is 13.3. The molecule has 0 aliphatic carbocycles. The molecule has 1 N–H and O–H groups in total. The molecule has 3 rings (SSSR count). The lowest BCUT2D eigenvalue weighted by Gasteiger charge is -2.38. The fraction of sp³-hybridized carbons (Fsp3) is 0.638. The quantitative estimate of drug-likeness (QED) is 0.0534. The summed E-state index contributed by atoms with van der Waals surface area (Å²) in [5.74, 6) is -2.35. The highest BCUT2D eigenvalue weighted by atomic mass is 28.4. The van der Waals surface area contributed by atoms with Crippen LogP contribution in [0.1, 0.15) is 98.0 Å². The molecule has 0 aliphatic rings. The Balaban J connectivity index is 0.000000441. The largest absolute Gasteiger partial charge is 0.479 e. The fourth-order valence-electron chi connectivity index (χ4n) is 5.90. The lowest BCUT2D eigenvalue weighted by molar-refractivity contribution is -0.300. The molecule has 1 aromatic heterocycles. The highest BCUT2D eigenvalue weighted by Crippen LogP contribution is 2.46. The summed E-state index contributed by atoms with van der Waals surface area (Å²) in [4.78, 5) is 11.6. The van der Waals surface area contributed by atoms with Crippen LogP contribution in [0.3, 0.4) is 0 Å². The number of aliphatic carboxylic acids is 1. The maximum Gasteiger partial charge on any atom is 0.428 e. The van der Waals surface area contributed by atoms with Crippen LogP contribution in [0.4, 0.5) is 26.3 Å². The Morgan fingerprint density at radius 3 is 1.39 bits per heavy atom. The normalized spacial score (nSPS) is 16.0. The molecule has 0 bridgehead atoms. The third-order valence-electron chi connectivity index (χ3n) is 12.0. The number of ether oxygens (including phenoxy) is 4. The minimum atomic E-state index is -5.09. The second-order valence-corrected chi connectivity index (χ2v) is 28.7. The molecule has 0 amide bonds. The number of halogens is 6. The second kappa shape index (κ2) is 24.1.